The Morgan fingerprint density at radius 3 is 2.74 bits per heavy atom. The number of rotatable bonds is 7. The van der Waals surface area contributed by atoms with Crippen LogP contribution in [0.3, 0.4) is 0 Å². The molecule has 0 aliphatic carbocycles. The number of carbonyl (C=O) groups is 1. The predicted octanol–water partition coefficient (Wildman–Crippen LogP) is 2.69. The molecule has 1 rings (SSSR count). The number of aryl methyl sites for hydroxylation is 1. The summed E-state index contributed by atoms with van der Waals surface area (Å²) in [6.45, 7) is 5.03. The van der Waals surface area contributed by atoms with Crippen LogP contribution in [0.25, 0.3) is 0 Å². The molecule has 1 aromatic heterocycles. The van der Waals surface area contributed by atoms with Crippen molar-refractivity contribution in [2.24, 2.45) is 0 Å². The summed E-state index contributed by atoms with van der Waals surface area (Å²) in [6.07, 6.45) is 5.87. The highest BCUT2D eigenvalue weighted by molar-refractivity contribution is 7.98. The van der Waals surface area contributed by atoms with Gasteiger partial charge in [-0.25, -0.2) is 0 Å². The second kappa shape index (κ2) is 7.48. The highest BCUT2D eigenvalue weighted by Gasteiger charge is 2.22. The summed E-state index contributed by atoms with van der Waals surface area (Å²) < 4.78 is 1.96. The average Bonchev–Trinajstić information content (AvgIpc) is 2.75. The Hall–Kier alpha value is -1.10. The zero-order valence-electron chi connectivity index (χ0n) is 12.3. The third kappa shape index (κ3) is 3.93. The number of nitrogens with two attached hydrogens (primary N) is 1. The van der Waals surface area contributed by atoms with Gasteiger partial charge >= 0.3 is 0 Å². The van der Waals surface area contributed by atoms with Crippen LogP contribution in [-0.4, -0.2) is 40.5 Å². The average molecular weight is 283 g/mol. The van der Waals surface area contributed by atoms with Gasteiger partial charge in [-0.2, -0.15) is 11.8 Å². The first kappa shape index (κ1) is 16.0. The number of thioether (sulfide) groups is 1. The highest BCUT2D eigenvalue weighted by atomic mass is 32.2. The minimum Gasteiger partial charge on any atom is -0.397 e. The molecule has 19 heavy (non-hydrogen) atoms. The Kier molecular flexibility index (Phi) is 6.28. The number of hydrogen-bond acceptors (Lipinski definition) is 3. The Balaban J connectivity index is 2.92. The van der Waals surface area contributed by atoms with Crippen LogP contribution in [0.4, 0.5) is 5.69 Å². The van der Waals surface area contributed by atoms with Gasteiger partial charge in [-0.3, -0.25) is 4.79 Å². The molecular formula is C14H25N3OS. The molecule has 1 amide bonds. The fourth-order valence-corrected chi connectivity index (χ4v) is 3.02. The molecule has 0 fully saturated rings. The quantitative estimate of drug-likeness (QED) is 0.837. The van der Waals surface area contributed by atoms with Crippen molar-refractivity contribution in [3.05, 3.63) is 18.0 Å². The minimum absolute atomic E-state index is 0.0612. The number of carbonyl (C=O) groups excluding carboxylic acids is 1. The Bertz CT molecular complexity index is 417. The number of nitrogens with zero attached hydrogens (tertiary/aromatic N) is 2. The second-order valence-corrected chi connectivity index (χ2v) is 5.70. The third-order valence-electron chi connectivity index (χ3n) is 3.30. The van der Waals surface area contributed by atoms with Crippen LogP contribution in [0.2, 0.25) is 0 Å². The molecule has 5 heteroatoms. The first-order chi connectivity index (χ1) is 9.04. The van der Waals surface area contributed by atoms with Crippen LogP contribution in [0.15, 0.2) is 12.3 Å². The van der Waals surface area contributed by atoms with Crippen LogP contribution >= 0.6 is 11.8 Å². The number of hydrogen-bond donors (Lipinski definition) is 1. The van der Waals surface area contributed by atoms with E-state index in [1.807, 2.05) is 22.7 Å². The zero-order valence-corrected chi connectivity index (χ0v) is 13.2. The molecule has 0 bridgehead atoms. The maximum atomic E-state index is 12.6. The SMILES string of the molecule is CCCn1cc(N)cc1C(=O)N(C)C(CC)CSC. The zero-order chi connectivity index (χ0) is 14.4. The molecule has 0 spiro atoms. The van der Waals surface area contributed by atoms with Crippen LogP contribution in [0.1, 0.15) is 37.2 Å². The summed E-state index contributed by atoms with van der Waals surface area (Å²) >= 11 is 1.77. The van der Waals surface area contributed by atoms with Gasteiger partial charge in [-0.1, -0.05) is 13.8 Å². The van der Waals surface area contributed by atoms with Crippen molar-refractivity contribution in [3.8, 4) is 0 Å². The summed E-state index contributed by atoms with van der Waals surface area (Å²) in [4.78, 5) is 14.4. The van der Waals surface area contributed by atoms with Crippen molar-refractivity contribution in [2.75, 3.05) is 24.8 Å². The molecule has 1 unspecified atom stereocenters. The van der Waals surface area contributed by atoms with E-state index >= 15 is 0 Å². The van der Waals surface area contributed by atoms with E-state index in [4.69, 9.17) is 5.73 Å². The fraction of sp³-hybridized carbons (Fsp3) is 0.643. The minimum atomic E-state index is 0.0612. The van der Waals surface area contributed by atoms with E-state index in [0.717, 1.165) is 25.1 Å². The van der Waals surface area contributed by atoms with E-state index in [0.29, 0.717) is 11.4 Å². The van der Waals surface area contributed by atoms with Crippen molar-refractivity contribution in [1.82, 2.24) is 9.47 Å². The second-order valence-electron chi connectivity index (χ2n) is 4.79. The van der Waals surface area contributed by atoms with Gasteiger partial charge in [0, 0.05) is 31.6 Å². The molecule has 1 atom stereocenters. The molecule has 0 aliphatic rings. The first-order valence-corrected chi connectivity index (χ1v) is 8.16. The van der Waals surface area contributed by atoms with Crippen LogP contribution in [0.5, 0.6) is 0 Å². The third-order valence-corrected chi connectivity index (χ3v) is 4.02. The summed E-state index contributed by atoms with van der Waals surface area (Å²) in [5, 5.41) is 0. The van der Waals surface area contributed by atoms with E-state index in [-0.39, 0.29) is 11.9 Å². The number of amides is 1. The van der Waals surface area contributed by atoms with E-state index in [1.54, 1.807) is 17.8 Å². The van der Waals surface area contributed by atoms with Gasteiger partial charge in [-0.15, -0.1) is 0 Å². The predicted molar refractivity (Wildman–Crippen MR) is 83.7 cm³/mol. The Labute approximate surface area is 120 Å². The maximum absolute atomic E-state index is 12.6. The summed E-state index contributed by atoms with van der Waals surface area (Å²) in [5.41, 5.74) is 7.17. The molecule has 4 nitrogen and oxygen atoms in total. The van der Waals surface area contributed by atoms with Crippen molar-refractivity contribution in [2.45, 2.75) is 39.3 Å². The number of aromatic nitrogens is 1. The summed E-state index contributed by atoms with van der Waals surface area (Å²) in [5.74, 6) is 1.02. The smallest absolute Gasteiger partial charge is 0.270 e. The maximum Gasteiger partial charge on any atom is 0.270 e. The summed E-state index contributed by atoms with van der Waals surface area (Å²) in [6, 6.07) is 2.05. The lowest BCUT2D eigenvalue weighted by atomic mass is 10.2. The van der Waals surface area contributed by atoms with E-state index in [2.05, 4.69) is 20.1 Å². The van der Waals surface area contributed by atoms with Crippen molar-refractivity contribution in [3.63, 3.8) is 0 Å². The molecule has 0 saturated heterocycles. The molecule has 1 aromatic rings. The molecule has 1 heterocycles. The van der Waals surface area contributed by atoms with Crippen LogP contribution < -0.4 is 5.73 Å². The van der Waals surface area contributed by atoms with Gasteiger partial charge in [0.25, 0.3) is 5.91 Å². The van der Waals surface area contributed by atoms with E-state index in [9.17, 15) is 4.79 Å². The van der Waals surface area contributed by atoms with Crippen molar-refractivity contribution >= 4 is 23.4 Å². The lowest BCUT2D eigenvalue weighted by Crippen LogP contribution is -2.39. The lowest BCUT2D eigenvalue weighted by molar-refractivity contribution is 0.0732. The van der Waals surface area contributed by atoms with Crippen molar-refractivity contribution < 1.29 is 4.79 Å². The number of nitrogen functional groups attached to an aromatic ring is 1. The van der Waals surface area contributed by atoms with E-state index in [1.165, 1.54) is 0 Å². The molecule has 0 aliphatic heterocycles. The molecule has 0 radical (unpaired) electrons. The Morgan fingerprint density at radius 2 is 2.21 bits per heavy atom. The number of anilines is 1. The van der Waals surface area contributed by atoms with Crippen molar-refractivity contribution in [1.29, 1.82) is 0 Å². The van der Waals surface area contributed by atoms with Crippen LogP contribution in [-0.2, 0) is 6.54 Å². The molecule has 0 aromatic carbocycles. The lowest BCUT2D eigenvalue weighted by Gasteiger charge is -2.27. The first-order valence-electron chi connectivity index (χ1n) is 6.76. The van der Waals surface area contributed by atoms with Gasteiger partial charge in [0.15, 0.2) is 0 Å². The molecule has 108 valence electrons. The highest BCUT2D eigenvalue weighted by Crippen LogP contribution is 2.17. The topological polar surface area (TPSA) is 51.3 Å². The Morgan fingerprint density at radius 1 is 1.53 bits per heavy atom. The van der Waals surface area contributed by atoms with Gasteiger partial charge in [0.1, 0.15) is 5.69 Å². The molecule has 0 saturated carbocycles. The summed E-state index contributed by atoms with van der Waals surface area (Å²) in [7, 11) is 1.88. The molecule has 2 N–H and O–H groups in total. The van der Waals surface area contributed by atoms with Gasteiger partial charge < -0.3 is 15.2 Å². The van der Waals surface area contributed by atoms with Gasteiger partial charge in [0.05, 0.1) is 5.69 Å². The van der Waals surface area contributed by atoms with Gasteiger partial charge in [-0.05, 0) is 25.2 Å². The monoisotopic (exact) mass is 283 g/mol. The standard InChI is InChI=1S/C14H25N3OS/c1-5-7-17-9-11(15)8-13(17)14(18)16(3)12(6-2)10-19-4/h8-9,12H,5-7,10,15H2,1-4H3. The van der Waals surface area contributed by atoms with Crippen LogP contribution in [0, 0.1) is 0 Å². The fourth-order valence-electron chi connectivity index (χ4n) is 2.18. The van der Waals surface area contributed by atoms with E-state index < -0.39 is 0 Å². The largest absolute Gasteiger partial charge is 0.397 e. The molecular weight excluding hydrogens is 258 g/mol. The van der Waals surface area contributed by atoms with Gasteiger partial charge in [0.2, 0.25) is 0 Å². The normalized spacial score (nSPS) is 12.4.